The van der Waals surface area contributed by atoms with Crippen molar-refractivity contribution in [3.05, 3.63) is 0 Å². The van der Waals surface area contributed by atoms with Crippen molar-refractivity contribution in [3.8, 4) is 0 Å². The van der Waals surface area contributed by atoms with Gasteiger partial charge < -0.3 is 4.74 Å². The highest BCUT2D eigenvalue weighted by Crippen LogP contribution is 2.11. The first kappa shape index (κ1) is 8.53. The van der Waals surface area contributed by atoms with E-state index in [2.05, 4.69) is 5.32 Å². The van der Waals surface area contributed by atoms with Gasteiger partial charge in [-0.3, -0.25) is 10.1 Å². The molecule has 0 saturated carbocycles. The maximum absolute atomic E-state index is 10.9. The SMILES string of the molecule is CC(C)OCC1CC[N]C1=O. The lowest BCUT2D eigenvalue weighted by Crippen LogP contribution is -2.20. The third kappa shape index (κ3) is 2.50. The van der Waals surface area contributed by atoms with Crippen LogP contribution in [0, 0.1) is 5.92 Å². The maximum atomic E-state index is 10.9. The summed E-state index contributed by atoms with van der Waals surface area (Å²) < 4.78 is 5.32. The summed E-state index contributed by atoms with van der Waals surface area (Å²) in [5, 5.41) is 3.78. The summed E-state index contributed by atoms with van der Waals surface area (Å²) in [4.78, 5) is 10.9. The summed E-state index contributed by atoms with van der Waals surface area (Å²) in [6.45, 7) is 5.16. The number of hydrogen-bond donors (Lipinski definition) is 0. The minimum atomic E-state index is 0.0191. The molecule has 1 unspecified atom stereocenters. The van der Waals surface area contributed by atoms with E-state index in [1.165, 1.54) is 0 Å². The van der Waals surface area contributed by atoms with Crippen LogP contribution in [-0.2, 0) is 9.53 Å². The van der Waals surface area contributed by atoms with Gasteiger partial charge in [0.05, 0.1) is 18.6 Å². The summed E-state index contributed by atoms with van der Waals surface area (Å²) >= 11 is 0. The third-order valence-corrected chi connectivity index (χ3v) is 1.73. The smallest absolute Gasteiger partial charge is 0.246 e. The van der Waals surface area contributed by atoms with E-state index in [4.69, 9.17) is 4.74 Å². The largest absolute Gasteiger partial charge is 0.378 e. The second kappa shape index (κ2) is 3.72. The number of nitrogens with zero attached hydrogens (tertiary/aromatic N) is 1. The molecule has 1 aliphatic rings. The number of carbonyl (C=O) groups excluding carboxylic acids is 1. The zero-order chi connectivity index (χ0) is 8.27. The number of carbonyl (C=O) groups is 1. The Morgan fingerprint density at radius 1 is 1.73 bits per heavy atom. The second-order valence-corrected chi connectivity index (χ2v) is 3.09. The van der Waals surface area contributed by atoms with Crippen LogP contribution in [0.4, 0.5) is 0 Å². The molecule has 0 spiro atoms. The van der Waals surface area contributed by atoms with Gasteiger partial charge in [0.15, 0.2) is 0 Å². The van der Waals surface area contributed by atoms with E-state index in [0.29, 0.717) is 13.2 Å². The molecule has 1 saturated heterocycles. The summed E-state index contributed by atoms with van der Waals surface area (Å²) in [5.41, 5.74) is 0. The van der Waals surface area contributed by atoms with Gasteiger partial charge in [0.25, 0.3) is 0 Å². The number of hydrogen-bond acceptors (Lipinski definition) is 2. The molecular weight excluding hydrogens is 142 g/mol. The van der Waals surface area contributed by atoms with Gasteiger partial charge in [0.2, 0.25) is 5.91 Å². The van der Waals surface area contributed by atoms with Crippen LogP contribution in [0.25, 0.3) is 0 Å². The highest BCUT2D eigenvalue weighted by molar-refractivity contribution is 5.80. The quantitative estimate of drug-likeness (QED) is 0.599. The molecule has 1 aliphatic heterocycles. The molecule has 1 atom stereocenters. The average molecular weight is 156 g/mol. The van der Waals surface area contributed by atoms with Gasteiger partial charge in [-0.15, -0.1) is 0 Å². The predicted molar refractivity (Wildman–Crippen MR) is 41.2 cm³/mol. The van der Waals surface area contributed by atoms with E-state index in [9.17, 15) is 4.79 Å². The van der Waals surface area contributed by atoms with Crippen molar-refractivity contribution in [3.63, 3.8) is 0 Å². The van der Waals surface area contributed by atoms with E-state index in [-0.39, 0.29) is 17.9 Å². The molecule has 0 N–H and O–H groups in total. The minimum absolute atomic E-state index is 0.0191. The van der Waals surface area contributed by atoms with Crippen molar-refractivity contribution in [1.29, 1.82) is 0 Å². The highest BCUT2D eigenvalue weighted by atomic mass is 16.5. The molecule has 3 heteroatoms. The van der Waals surface area contributed by atoms with Gasteiger partial charge in [-0.2, -0.15) is 0 Å². The third-order valence-electron chi connectivity index (χ3n) is 1.73. The van der Waals surface area contributed by atoms with Gasteiger partial charge in [0, 0.05) is 6.54 Å². The molecular formula is C8H14NO2. The molecule has 0 aromatic rings. The standard InChI is InChI=1S/C8H14NO2/c1-6(2)11-5-7-3-4-9-8(7)10/h6-7H,3-5H2,1-2H3. The molecule has 1 fully saturated rings. The van der Waals surface area contributed by atoms with Crippen molar-refractivity contribution in [2.75, 3.05) is 13.2 Å². The molecule has 0 aromatic heterocycles. The maximum Gasteiger partial charge on any atom is 0.246 e. The highest BCUT2D eigenvalue weighted by Gasteiger charge is 2.25. The van der Waals surface area contributed by atoms with Crippen molar-refractivity contribution < 1.29 is 9.53 Å². The Kier molecular flexibility index (Phi) is 2.88. The van der Waals surface area contributed by atoms with Crippen LogP contribution in [-0.4, -0.2) is 25.2 Å². The van der Waals surface area contributed by atoms with Crippen LogP contribution >= 0.6 is 0 Å². The number of ether oxygens (including phenoxy) is 1. The minimum Gasteiger partial charge on any atom is -0.378 e. The van der Waals surface area contributed by atoms with Gasteiger partial charge >= 0.3 is 0 Å². The molecule has 63 valence electrons. The fraction of sp³-hybridized carbons (Fsp3) is 0.875. The van der Waals surface area contributed by atoms with E-state index >= 15 is 0 Å². The summed E-state index contributed by atoms with van der Waals surface area (Å²) in [6.07, 6.45) is 1.08. The van der Waals surface area contributed by atoms with Crippen LogP contribution in [0.3, 0.4) is 0 Å². The number of amides is 1. The fourth-order valence-corrected chi connectivity index (χ4v) is 1.05. The molecule has 11 heavy (non-hydrogen) atoms. The van der Waals surface area contributed by atoms with Crippen molar-refractivity contribution in [2.45, 2.75) is 26.4 Å². The molecule has 1 radical (unpaired) electrons. The van der Waals surface area contributed by atoms with E-state index < -0.39 is 0 Å². The van der Waals surface area contributed by atoms with Crippen molar-refractivity contribution >= 4 is 5.91 Å². The lowest BCUT2D eigenvalue weighted by molar-refractivity contribution is -0.124. The van der Waals surface area contributed by atoms with Crippen LogP contribution in [0.15, 0.2) is 0 Å². The van der Waals surface area contributed by atoms with Crippen LogP contribution in [0.1, 0.15) is 20.3 Å². The molecule has 3 nitrogen and oxygen atoms in total. The Bertz CT molecular complexity index is 145. The Morgan fingerprint density at radius 2 is 2.45 bits per heavy atom. The summed E-state index contributed by atoms with van der Waals surface area (Å²) in [7, 11) is 0. The van der Waals surface area contributed by atoms with E-state index in [0.717, 1.165) is 6.42 Å². The molecule has 1 amide bonds. The van der Waals surface area contributed by atoms with Crippen LogP contribution in [0.2, 0.25) is 0 Å². The molecule has 0 bridgehead atoms. The summed E-state index contributed by atoms with van der Waals surface area (Å²) in [6, 6.07) is 0. The first-order chi connectivity index (χ1) is 5.20. The van der Waals surface area contributed by atoms with Gasteiger partial charge in [-0.1, -0.05) is 0 Å². The lowest BCUT2D eigenvalue weighted by Gasteiger charge is -2.09. The van der Waals surface area contributed by atoms with E-state index in [1.54, 1.807) is 0 Å². The Labute approximate surface area is 67.1 Å². The Hall–Kier alpha value is -0.570. The van der Waals surface area contributed by atoms with Gasteiger partial charge in [-0.25, -0.2) is 0 Å². The second-order valence-electron chi connectivity index (χ2n) is 3.09. The summed E-state index contributed by atoms with van der Waals surface area (Å²) in [5.74, 6) is 0.0584. The zero-order valence-corrected chi connectivity index (χ0v) is 7.04. The fourth-order valence-electron chi connectivity index (χ4n) is 1.05. The monoisotopic (exact) mass is 156 g/mol. The van der Waals surface area contributed by atoms with Gasteiger partial charge in [0.1, 0.15) is 0 Å². The van der Waals surface area contributed by atoms with E-state index in [1.807, 2.05) is 13.8 Å². The van der Waals surface area contributed by atoms with Crippen LogP contribution in [0.5, 0.6) is 0 Å². The molecule has 0 aliphatic carbocycles. The van der Waals surface area contributed by atoms with Crippen molar-refractivity contribution in [2.24, 2.45) is 5.92 Å². The lowest BCUT2D eigenvalue weighted by atomic mass is 10.1. The molecule has 0 aromatic carbocycles. The molecule has 1 rings (SSSR count). The first-order valence-electron chi connectivity index (χ1n) is 4.03. The first-order valence-corrected chi connectivity index (χ1v) is 4.03. The normalized spacial score (nSPS) is 24.3. The Morgan fingerprint density at radius 3 is 2.91 bits per heavy atom. The van der Waals surface area contributed by atoms with Crippen LogP contribution < -0.4 is 5.32 Å². The molecule has 1 heterocycles. The average Bonchev–Trinajstić information content (AvgIpc) is 2.31. The predicted octanol–water partition coefficient (Wildman–Crippen LogP) is 0.562. The topological polar surface area (TPSA) is 40.4 Å². The number of rotatable bonds is 3. The zero-order valence-electron chi connectivity index (χ0n) is 7.04. The van der Waals surface area contributed by atoms with Gasteiger partial charge in [-0.05, 0) is 20.3 Å². The van der Waals surface area contributed by atoms with Crippen molar-refractivity contribution in [1.82, 2.24) is 5.32 Å². The Balaban J connectivity index is 2.20.